The van der Waals surface area contributed by atoms with Gasteiger partial charge >= 0.3 is 0 Å². The average Bonchev–Trinajstić information content (AvgIpc) is 2.47. The van der Waals surface area contributed by atoms with Crippen LogP contribution in [0.5, 0.6) is 0 Å². The summed E-state index contributed by atoms with van der Waals surface area (Å²) >= 11 is 0. The van der Waals surface area contributed by atoms with Crippen molar-refractivity contribution in [1.82, 2.24) is 10.6 Å². The molecule has 5 nitrogen and oxygen atoms in total. The van der Waals surface area contributed by atoms with E-state index in [0.29, 0.717) is 12.0 Å². The molecule has 0 radical (unpaired) electrons. The van der Waals surface area contributed by atoms with E-state index < -0.39 is 6.04 Å². The molecule has 0 bridgehead atoms. The van der Waals surface area contributed by atoms with Crippen LogP contribution in [0.15, 0.2) is 24.3 Å². The van der Waals surface area contributed by atoms with Crippen molar-refractivity contribution in [3.63, 3.8) is 0 Å². The largest absolute Gasteiger partial charge is 0.395 e. The molecule has 0 saturated carbocycles. The van der Waals surface area contributed by atoms with Gasteiger partial charge in [0.1, 0.15) is 6.04 Å². The monoisotopic (exact) mass is 274 g/mol. The standard InChI is InChI=1S/C15H18N2O3/c1-11(14(19)16-2)17-15(20)13-8-6-12(7-9-13)5-3-4-10-18/h6-9,11,18H,4,10H2,1-2H3,(H,16,19)(H,17,20). The summed E-state index contributed by atoms with van der Waals surface area (Å²) in [6.07, 6.45) is 0.423. The Kier molecular flexibility index (Phi) is 6.27. The zero-order valence-electron chi connectivity index (χ0n) is 11.6. The summed E-state index contributed by atoms with van der Waals surface area (Å²) in [4.78, 5) is 23.2. The molecule has 0 aliphatic carbocycles. The van der Waals surface area contributed by atoms with Crippen molar-refractivity contribution < 1.29 is 14.7 Å². The van der Waals surface area contributed by atoms with Crippen molar-refractivity contribution in [3.8, 4) is 11.8 Å². The molecule has 2 amide bonds. The highest BCUT2D eigenvalue weighted by atomic mass is 16.2. The number of amides is 2. The van der Waals surface area contributed by atoms with E-state index in [1.165, 1.54) is 7.05 Å². The molecule has 5 heteroatoms. The average molecular weight is 274 g/mol. The second kappa shape index (κ2) is 7.97. The Morgan fingerprint density at radius 3 is 2.50 bits per heavy atom. The molecule has 1 unspecified atom stereocenters. The Bertz CT molecular complexity index is 526. The Morgan fingerprint density at radius 2 is 1.95 bits per heavy atom. The van der Waals surface area contributed by atoms with Crippen LogP contribution in [0.25, 0.3) is 0 Å². The van der Waals surface area contributed by atoms with Crippen LogP contribution in [0.2, 0.25) is 0 Å². The summed E-state index contributed by atoms with van der Waals surface area (Å²) in [5.41, 5.74) is 1.24. The molecule has 0 aromatic heterocycles. The lowest BCUT2D eigenvalue weighted by Gasteiger charge is -2.12. The molecular weight excluding hydrogens is 256 g/mol. The molecular formula is C15H18N2O3. The molecule has 0 heterocycles. The Balaban J connectivity index is 2.67. The molecule has 20 heavy (non-hydrogen) atoms. The Morgan fingerprint density at radius 1 is 1.30 bits per heavy atom. The third kappa shape index (κ3) is 4.75. The van der Waals surface area contributed by atoms with Crippen LogP contribution in [0.1, 0.15) is 29.3 Å². The molecule has 0 fully saturated rings. The van der Waals surface area contributed by atoms with Crippen molar-refractivity contribution in [1.29, 1.82) is 0 Å². The lowest BCUT2D eigenvalue weighted by molar-refractivity contribution is -0.122. The molecule has 0 spiro atoms. The zero-order valence-corrected chi connectivity index (χ0v) is 11.6. The maximum absolute atomic E-state index is 11.9. The minimum absolute atomic E-state index is 0.0326. The van der Waals surface area contributed by atoms with Crippen LogP contribution in [0.3, 0.4) is 0 Å². The van der Waals surface area contributed by atoms with Crippen LogP contribution in [-0.4, -0.2) is 36.6 Å². The van der Waals surface area contributed by atoms with Crippen LogP contribution >= 0.6 is 0 Å². The number of likely N-dealkylation sites (N-methyl/N-ethyl adjacent to an activating group) is 1. The lowest BCUT2D eigenvalue weighted by Crippen LogP contribution is -2.43. The number of aliphatic hydroxyl groups excluding tert-OH is 1. The quantitative estimate of drug-likeness (QED) is 0.690. The molecule has 106 valence electrons. The second-order valence-corrected chi connectivity index (χ2v) is 4.16. The minimum Gasteiger partial charge on any atom is -0.395 e. The third-order valence-electron chi connectivity index (χ3n) is 2.60. The maximum Gasteiger partial charge on any atom is 0.251 e. The van der Waals surface area contributed by atoms with E-state index in [1.807, 2.05) is 0 Å². The number of hydrogen-bond acceptors (Lipinski definition) is 3. The maximum atomic E-state index is 11.9. The van der Waals surface area contributed by atoms with E-state index in [2.05, 4.69) is 22.5 Å². The van der Waals surface area contributed by atoms with Gasteiger partial charge in [-0.25, -0.2) is 0 Å². The number of hydrogen-bond donors (Lipinski definition) is 3. The third-order valence-corrected chi connectivity index (χ3v) is 2.60. The molecule has 3 N–H and O–H groups in total. The predicted molar refractivity (Wildman–Crippen MR) is 76.0 cm³/mol. The SMILES string of the molecule is CNC(=O)C(C)NC(=O)c1ccc(C#CCCO)cc1. The normalized spacial score (nSPS) is 10.9. The Hall–Kier alpha value is -2.32. The van der Waals surface area contributed by atoms with Gasteiger partial charge in [-0.3, -0.25) is 9.59 Å². The first kappa shape index (κ1) is 15.7. The molecule has 1 aromatic carbocycles. The van der Waals surface area contributed by atoms with Crippen LogP contribution in [0.4, 0.5) is 0 Å². The van der Waals surface area contributed by atoms with Crippen molar-refractivity contribution in [2.45, 2.75) is 19.4 Å². The van der Waals surface area contributed by atoms with Crippen LogP contribution < -0.4 is 10.6 Å². The van der Waals surface area contributed by atoms with Gasteiger partial charge in [0.2, 0.25) is 5.91 Å². The van der Waals surface area contributed by atoms with E-state index in [4.69, 9.17) is 5.11 Å². The Labute approximate surface area is 118 Å². The van der Waals surface area contributed by atoms with Crippen LogP contribution in [-0.2, 0) is 4.79 Å². The summed E-state index contributed by atoms with van der Waals surface area (Å²) in [6, 6.07) is 6.16. The van der Waals surface area contributed by atoms with Crippen molar-refractivity contribution in [2.75, 3.05) is 13.7 Å². The number of benzene rings is 1. The molecule has 0 saturated heterocycles. The summed E-state index contributed by atoms with van der Waals surface area (Å²) in [6.45, 7) is 1.65. The topological polar surface area (TPSA) is 78.4 Å². The minimum atomic E-state index is -0.587. The smallest absolute Gasteiger partial charge is 0.251 e. The molecule has 0 aliphatic rings. The first-order valence-electron chi connectivity index (χ1n) is 6.30. The lowest BCUT2D eigenvalue weighted by atomic mass is 10.1. The van der Waals surface area contributed by atoms with Gasteiger partial charge in [0.15, 0.2) is 0 Å². The van der Waals surface area contributed by atoms with E-state index in [0.717, 1.165) is 5.56 Å². The number of carbonyl (C=O) groups is 2. The van der Waals surface area contributed by atoms with Crippen molar-refractivity contribution >= 4 is 11.8 Å². The van der Waals surface area contributed by atoms with Gasteiger partial charge in [0, 0.05) is 24.6 Å². The van der Waals surface area contributed by atoms with Gasteiger partial charge in [-0.1, -0.05) is 11.8 Å². The van der Waals surface area contributed by atoms with Crippen molar-refractivity contribution in [2.24, 2.45) is 0 Å². The highest BCUT2D eigenvalue weighted by molar-refractivity contribution is 5.97. The summed E-state index contributed by atoms with van der Waals surface area (Å²) in [5, 5.41) is 13.7. The second-order valence-electron chi connectivity index (χ2n) is 4.16. The van der Waals surface area contributed by atoms with E-state index >= 15 is 0 Å². The fourth-order valence-electron chi connectivity index (χ4n) is 1.49. The number of carbonyl (C=O) groups excluding carboxylic acids is 2. The van der Waals surface area contributed by atoms with Gasteiger partial charge in [-0.15, -0.1) is 0 Å². The number of nitrogens with one attached hydrogen (secondary N) is 2. The molecule has 1 rings (SSSR count). The highest BCUT2D eigenvalue weighted by Crippen LogP contribution is 2.04. The summed E-state index contributed by atoms with van der Waals surface area (Å²) in [5.74, 6) is 5.12. The molecule has 1 atom stereocenters. The van der Waals surface area contributed by atoms with Gasteiger partial charge in [-0.05, 0) is 31.2 Å². The van der Waals surface area contributed by atoms with Crippen molar-refractivity contribution in [3.05, 3.63) is 35.4 Å². The first-order chi connectivity index (χ1) is 9.58. The van der Waals surface area contributed by atoms with Crippen LogP contribution in [0, 0.1) is 11.8 Å². The van der Waals surface area contributed by atoms with Gasteiger partial charge in [-0.2, -0.15) is 0 Å². The van der Waals surface area contributed by atoms with Gasteiger partial charge in [0.25, 0.3) is 5.91 Å². The molecule has 0 aliphatic heterocycles. The zero-order chi connectivity index (χ0) is 15.0. The van der Waals surface area contributed by atoms with E-state index in [9.17, 15) is 9.59 Å². The van der Waals surface area contributed by atoms with Gasteiger partial charge in [0.05, 0.1) is 6.61 Å². The van der Waals surface area contributed by atoms with Gasteiger partial charge < -0.3 is 15.7 Å². The summed E-state index contributed by atoms with van der Waals surface area (Å²) in [7, 11) is 1.52. The summed E-state index contributed by atoms with van der Waals surface area (Å²) < 4.78 is 0. The fourth-order valence-corrected chi connectivity index (χ4v) is 1.49. The number of rotatable bonds is 4. The van der Waals surface area contributed by atoms with E-state index in [1.54, 1.807) is 31.2 Å². The predicted octanol–water partition coefficient (Wildman–Crippen LogP) is 0.285. The highest BCUT2D eigenvalue weighted by Gasteiger charge is 2.14. The number of aliphatic hydroxyl groups is 1. The fraction of sp³-hybridized carbons (Fsp3) is 0.333. The first-order valence-corrected chi connectivity index (χ1v) is 6.30. The van der Waals surface area contributed by atoms with E-state index in [-0.39, 0.29) is 18.4 Å². The molecule has 1 aromatic rings.